The molecule has 2 aliphatic rings. The van der Waals surface area contributed by atoms with Gasteiger partial charge in [-0.1, -0.05) is 38.5 Å². The van der Waals surface area contributed by atoms with E-state index in [1.54, 1.807) is 0 Å². The van der Waals surface area contributed by atoms with Crippen molar-refractivity contribution in [1.82, 2.24) is 0 Å². The summed E-state index contributed by atoms with van der Waals surface area (Å²) in [5, 5.41) is 36.2. The van der Waals surface area contributed by atoms with Crippen LogP contribution in [0.5, 0.6) is 0 Å². The van der Waals surface area contributed by atoms with Gasteiger partial charge in [-0.25, -0.2) is 0 Å². The van der Waals surface area contributed by atoms with Crippen LogP contribution in [-0.4, -0.2) is 45.6 Å². The second-order valence-electron chi connectivity index (χ2n) is 6.63. The molecule has 4 N–H and O–H groups in total. The van der Waals surface area contributed by atoms with E-state index in [4.69, 9.17) is 20.4 Å². The number of carboxylic acids is 2. The summed E-state index contributed by atoms with van der Waals surface area (Å²) in [6.07, 6.45) is 9.30. The zero-order valence-corrected chi connectivity index (χ0v) is 13.1. The molecule has 22 heavy (non-hydrogen) atoms. The first-order chi connectivity index (χ1) is 10.4. The molecule has 2 rings (SSSR count). The first kappa shape index (κ1) is 18.9. The highest BCUT2D eigenvalue weighted by Crippen LogP contribution is 2.45. The van der Waals surface area contributed by atoms with Crippen molar-refractivity contribution in [3.05, 3.63) is 0 Å². The third-order valence-electron chi connectivity index (χ3n) is 5.15. The van der Waals surface area contributed by atoms with Gasteiger partial charge in [0.05, 0.1) is 13.2 Å². The third-order valence-corrected chi connectivity index (χ3v) is 5.15. The molecule has 2 saturated carbocycles. The Labute approximate surface area is 131 Å². The molecule has 0 saturated heterocycles. The standard InChI is InChI=1S/C10H16O6.C6H12/c11-5-9(6-12)1-3-10(4-2-9,7(13)14)8(15)16;1-2-4-6-5-3-1/h11-12H,1-6H2,(H,13,14)(H,15,16);1-6H2. The number of carboxylic acid groups (broad SMARTS) is 2. The van der Waals surface area contributed by atoms with E-state index in [2.05, 4.69) is 0 Å². The van der Waals surface area contributed by atoms with Crippen LogP contribution in [0, 0.1) is 10.8 Å². The van der Waals surface area contributed by atoms with Crippen LogP contribution in [-0.2, 0) is 9.59 Å². The van der Waals surface area contributed by atoms with Crippen molar-refractivity contribution < 1.29 is 30.0 Å². The van der Waals surface area contributed by atoms with Gasteiger partial charge in [-0.15, -0.1) is 0 Å². The minimum Gasteiger partial charge on any atom is -0.480 e. The maximum Gasteiger partial charge on any atom is 0.321 e. The lowest BCUT2D eigenvalue weighted by Gasteiger charge is -2.40. The summed E-state index contributed by atoms with van der Waals surface area (Å²) in [6.45, 7) is -0.502. The molecule has 0 spiro atoms. The highest BCUT2D eigenvalue weighted by Gasteiger charge is 2.52. The van der Waals surface area contributed by atoms with Crippen molar-refractivity contribution in [2.45, 2.75) is 64.2 Å². The largest absolute Gasteiger partial charge is 0.480 e. The molecular formula is C16H28O6. The van der Waals surface area contributed by atoms with E-state index >= 15 is 0 Å². The lowest BCUT2D eigenvalue weighted by Crippen LogP contribution is -2.47. The van der Waals surface area contributed by atoms with E-state index in [1.807, 2.05) is 0 Å². The van der Waals surface area contributed by atoms with E-state index in [-0.39, 0.29) is 38.9 Å². The molecule has 2 fully saturated rings. The molecule has 0 aromatic rings. The molecule has 0 unspecified atom stereocenters. The van der Waals surface area contributed by atoms with Gasteiger partial charge in [-0.3, -0.25) is 9.59 Å². The van der Waals surface area contributed by atoms with Crippen LogP contribution >= 0.6 is 0 Å². The van der Waals surface area contributed by atoms with E-state index < -0.39 is 22.8 Å². The summed E-state index contributed by atoms with van der Waals surface area (Å²) < 4.78 is 0. The molecule has 6 heteroatoms. The smallest absolute Gasteiger partial charge is 0.321 e. The van der Waals surface area contributed by atoms with E-state index in [0.717, 1.165) is 0 Å². The zero-order valence-electron chi connectivity index (χ0n) is 13.1. The number of aliphatic hydroxyl groups is 2. The van der Waals surface area contributed by atoms with Gasteiger partial charge in [0, 0.05) is 5.41 Å². The fourth-order valence-corrected chi connectivity index (χ4v) is 3.15. The van der Waals surface area contributed by atoms with Gasteiger partial charge in [-0.2, -0.15) is 0 Å². The van der Waals surface area contributed by atoms with Crippen molar-refractivity contribution in [3.63, 3.8) is 0 Å². The number of hydrogen-bond donors (Lipinski definition) is 4. The average Bonchev–Trinajstić information content (AvgIpc) is 2.56. The summed E-state index contributed by atoms with van der Waals surface area (Å²) >= 11 is 0. The van der Waals surface area contributed by atoms with Gasteiger partial charge >= 0.3 is 11.9 Å². The SMILES string of the molecule is C1CCCCC1.O=C(O)C1(C(=O)O)CCC(CO)(CO)CC1. The summed E-state index contributed by atoms with van der Waals surface area (Å²) in [5.74, 6) is -2.69. The minimum atomic E-state index is -1.76. The topological polar surface area (TPSA) is 115 Å². The molecule has 128 valence electrons. The molecule has 0 aromatic heterocycles. The second-order valence-corrected chi connectivity index (χ2v) is 6.63. The molecule has 0 aromatic carbocycles. The van der Waals surface area contributed by atoms with Gasteiger partial charge < -0.3 is 20.4 Å². The van der Waals surface area contributed by atoms with Crippen LogP contribution in [0.15, 0.2) is 0 Å². The molecular weight excluding hydrogens is 288 g/mol. The minimum absolute atomic E-state index is 0.0568. The van der Waals surface area contributed by atoms with Crippen molar-refractivity contribution >= 4 is 11.9 Å². The van der Waals surface area contributed by atoms with Crippen molar-refractivity contribution in [1.29, 1.82) is 0 Å². The quantitative estimate of drug-likeness (QED) is 0.590. The highest BCUT2D eigenvalue weighted by atomic mass is 16.4. The number of rotatable bonds is 4. The van der Waals surface area contributed by atoms with Crippen molar-refractivity contribution in [3.8, 4) is 0 Å². The number of aliphatic carboxylic acids is 2. The van der Waals surface area contributed by atoms with Crippen molar-refractivity contribution in [2.24, 2.45) is 10.8 Å². The lowest BCUT2D eigenvalue weighted by molar-refractivity contribution is -0.170. The van der Waals surface area contributed by atoms with Gasteiger partial charge in [-0.05, 0) is 25.7 Å². The first-order valence-corrected chi connectivity index (χ1v) is 8.11. The predicted octanol–water partition coefficient (Wildman–Crippen LogP) is 2.03. The van der Waals surface area contributed by atoms with Gasteiger partial charge in [0.25, 0.3) is 0 Å². The second kappa shape index (κ2) is 8.48. The molecule has 2 aliphatic carbocycles. The zero-order chi connectivity index (χ0) is 16.6. The van der Waals surface area contributed by atoms with Crippen LogP contribution in [0.4, 0.5) is 0 Å². The Morgan fingerprint density at radius 2 is 1.00 bits per heavy atom. The number of hydrogen-bond acceptors (Lipinski definition) is 4. The van der Waals surface area contributed by atoms with Crippen LogP contribution in [0.1, 0.15) is 64.2 Å². The lowest BCUT2D eigenvalue weighted by atomic mass is 9.64. The van der Waals surface area contributed by atoms with Crippen LogP contribution in [0.2, 0.25) is 0 Å². The molecule has 6 nitrogen and oxygen atoms in total. The number of aliphatic hydroxyl groups excluding tert-OH is 2. The molecule has 0 amide bonds. The Hall–Kier alpha value is -1.14. The normalized spacial score (nSPS) is 23.0. The fraction of sp³-hybridized carbons (Fsp3) is 0.875. The predicted molar refractivity (Wildman–Crippen MR) is 80.5 cm³/mol. The molecule has 0 radical (unpaired) electrons. The highest BCUT2D eigenvalue weighted by molar-refractivity contribution is 5.98. The third kappa shape index (κ3) is 4.43. The maximum absolute atomic E-state index is 11.0. The fourth-order valence-electron chi connectivity index (χ4n) is 3.15. The summed E-state index contributed by atoms with van der Waals surface area (Å²) in [6, 6.07) is 0. The van der Waals surface area contributed by atoms with Gasteiger partial charge in [0.1, 0.15) is 0 Å². The van der Waals surface area contributed by atoms with E-state index in [9.17, 15) is 9.59 Å². The van der Waals surface area contributed by atoms with Crippen LogP contribution < -0.4 is 0 Å². The molecule has 0 bridgehead atoms. The summed E-state index contributed by atoms with van der Waals surface area (Å²) in [4.78, 5) is 22.0. The van der Waals surface area contributed by atoms with E-state index in [0.29, 0.717) is 0 Å². The first-order valence-electron chi connectivity index (χ1n) is 8.11. The Morgan fingerprint density at radius 1 is 0.682 bits per heavy atom. The van der Waals surface area contributed by atoms with Gasteiger partial charge in [0.2, 0.25) is 0 Å². The van der Waals surface area contributed by atoms with Crippen LogP contribution in [0.25, 0.3) is 0 Å². The monoisotopic (exact) mass is 316 g/mol. The molecule has 0 atom stereocenters. The maximum atomic E-state index is 11.0. The molecule has 0 heterocycles. The number of carbonyl (C=O) groups is 2. The molecule has 0 aliphatic heterocycles. The summed E-state index contributed by atoms with van der Waals surface area (Å²) in [5.41, 5.74) is -2.48. The Kier molecular flexibility index (Phi) is 7.29. The Bertz CT molecular complexity index is 333. The average molecular weight is 316 g/mol. The van der Waals surface area contributed by atoms with Crippen molar-refractivity contribution in [2.75, 3.05) is 13.2 Å². The Morgan fingerprint density at radius 3 is 1.23 bits per heavy atom. The van der Waals surface area contributed by atoms with E-state index in [1.165, 1.54) is 38.5 Å². The van der Waals surface area contributed by atoms with Crippen LogP contribution in [0.3, 0.4) is 0 Å². The Balaban J connectivity index is 0.000000335. The summed E-state index contributed by atoms with van der Waals surface area (Å²) in [7, 11) is 0. The van der Waals surface area contributed by atoms with Gasteiger partial charge in [0.15, 0.2) is 5.41 Å².